The molecule has 0 aliphatic rings. The van der Waals surface area contributed by atoms with Crippen LogP contribution in [0.5, 0.6) is 0 Å². The summed E-state index contributed by atoms with van der Waals surface area (Å²) in [5.41, 5.74) is 8.16. The molecule has 0 fully saturated rings. The fourth-order valence-electron chi connectivity index (χ4n) is 3.03. The van der Waals surface area contributed by atoms with Gasteiger partial charge in [-0.05, 0) is 48.9 Å². The van der Waals surface area contributed by atoms with Crippen LogP contribution in [0, 0.1) is 0 Å². The Bertz CT molecular complexity index is 1070. The molecule has 0 aliphatic carbocycles. The lowest BCUT2D eigenvalue weighted by Gasteiger charge is -2.14. The number of carbonyl (C=O) groups is 3. The number of nitrogens with two attached hydrogens (primary N) is 1. The van der Waals surface area contributed by atoms with Crippen molar-refractivity contribution in [1.29, 1.82) is 0 Å². The summed E-state index contributed by atoms with van der Waals surface area (Å²) in [4.78, 5) is 36.1. The summed E-state index contributed by atoms with van der Waals surface area (Å²) < 4.78 is 0. The van der Waals surface area contributed by atoms with Gasteiger partial charge in [-0.1, -0.05) is 42.5 Å². The number of primary amides is 1. The van der Waals surface area contributed by atoms with Crippen LogP contribution in [0.25, 0.3) is 0 Å². The Morgan fingerprint density at radius 3 is 2.19 bits per heavy atom. The van der Waals surface area contributed by atoms with Gasteiger partial charge < -0.3 is 21.7 Å². The smallest absolute Gasteiger partial charge is 0.251 e. The summed E-state index contributed by atoms with van der Waals surface area (Å²) in [5, 5.41) is 8.61. The van der Waals surface area contributed by atoms with Crippen LogP contribution < -0.4 is 21.7 Å². The average Bonchev–Trinajstić information content (AvgIpc) is 2.78. The summed E-state index contributed by atoms with van der Waals surface area (Å²) in [6.07, 6.45) is 0. The Labute approximate surface area is 180 Å². The maximum Gasteiger partial charge on any atom is 0.251 e. The molecule has 5 N–H and O–H groups in total. The summed E-state index contributed by atoms with van der Waals surface area (Å²) in [7, 11) is 0. The molecule has 31 heavy (non-hydrogen) atoms. The minimum atomic E-state index is -0.612. The van der Waals surface area contributed by atoms with E-state index in [0.717, 1.165) is 5.56 Å². The predicted molar refractivity (Wildman–Crippen MR) is 121 cm³/mol. The lowest BCUT2D eigenvalue weighted by molar-refractivity contribution is -0.114. The van der Waals surface area contributed by atoms with Crippen LogP contribution in [-0.4, -0.2) is 24.3 Å². The standard InChI is InChI=1S/C24H24N4O3/c1-16(17-7-3-2-4-8-17)27-24(31)18-11-13-19(14-12-18)26-15-22(29)28-21-10-6-5-9-20(21)23(25)30/h2-14,16,26H,15H2,1H3,(H2,25,30)(H,27,31)(H,28,29). The van der Waals surface area contributed by atoms with Gasteiger partial charge in [0.15, 0.2) is 0 Å². The van der Waals surface area contributed by atoms with Crippen molar-refractivity contribution in [2.45, 2.75) is 13.0 Å². The van der Waals surface area contributed by atoms with E-state index in [1.807, 2.05) is 37.3 Å². The molecule has 3 rings (SSSR count). The third kappa shape index (κ3) is 5.93. The van der Waals surface area contributed by atoms with Gasteiger partial charge in [0.1, 0.15) is 0 Å². The largest absolute Gasteiger partial charge is 0.376 e. The molecule has 3 aromatic rings. The number of nitrogens with one attached hydrogen (secondary N) is 3. The molecule has 0 spiro atoms. The Balaban J connectivity index is 1.53. The van der Waals surface area contributed by atoms with Crippen molar-refractivity contribution in [2.24, 2.45) is 5.73 Å². The van der Waals surface area contributed by atoms with E-state index in [2.05, 4.69) is 16.0 Å². The van der Waals surface area contributed by atoms with Crippen molar-refractivity contribution in [1.82, 2.24) is 5.32 Å². The van der Waals surface area contributed by atoms with Gasteiger partial charge in [-0.25, -0.2) is 0 Å². The van der Waals surface area contributed by atoms with Gasteiger partial charge >= 0.3 is 0 Å². The van der Waals surface area contributed by atoms with E-state index in [-0.39, 0.29) is 30.0 Å². The zero-order chi connectivity index (χ0) is 22.2. The van der Waals surface area contributed by atoms with Crippen molar-refractivity contribution in [3.63, 3.8) is 0 Å². The first kappa shape index (κ1) is 21.6. The fraction of sp³-hybridized carbons (Fsp3) is 0.125. The zero-order valence-corrected chi connectivity index (χ0v) is 17.1. The lowest BCUT2D eigenvalue weighted by Crippen LogP contribution is -2.26. The maximum atomic E-state index is 12.5. The van der Waals surface area contributed by atoms with Crippen LogP contribution in [0.4, 0.5) is 11.4 Å². The molecule has 3 aromatic carbocycles. The number of rotatable bonds is 8. The van der Waals surface area contributed by atoms with E-state index in [9.17, 15) is 14.4 Å². The van der Waals surface area contributed by atoms with Gasteiger partial charge in [0.05, 0.1) is 23.8 Å². The summed E-state index contributed by atoms with van der Waals surface area (Å²) in [6.45, 7) is 1.92. The highest BCUT2D eigenvalue weighted by Crippen LogP contribution is 2.16. The van der Waals surface area contributed by atoms with Gasteiger partial charge in [0.25, 0.3) is 11.8 Å². The van der Waals surface area contributed by atoms with E-state index >= 15 is 0 Å². The second-order valence-electron chi connectivity index (χ2n) is 6.99. The average molecular weight is 416 g/mol. The quantitative estimate of drug-likeness (QED) is 0.451. The number of para-hydroxylation sites is 1. The van der Waals surface area contributed by atoms with Gasteiger partial charge in [0.2, 0.25) is 5.91 Å². The molecule has 0 bridgehead atoms. The van der Waals surface area contributed by atoms with Gasteiger partial charge in [-0.2, -0.15) is 0 Å². The van der Waals surface area contributed by atoms with Gasteiger partial charge in [-0.15, -0.1) is 0 Å². The van der Waals surface area contributed by atoms with Crippen LogP contribution in [0.1, 0.15) is 39.2 Å². The SMILES string of the molecule is CC(NC(=O)c1ccc(NCC(=O)Nc2ccccc2C(N)=O)cc1)c1ccccc1. The first-order valence-corrected chi connectivity index (χ1v) is 9.82. The number of amides is 3. The Hall–Kier alpha value is -4.13. The molecule has 0 aliphatic heterocycles. The van der Waals surface area contributed by atoms with Crippen LogP contribution >= 0.6 is 0 Å². The molecule has 1 unspecified atom stereocenters. The number of anilines is 2. The molecule has 7 nitrogen and oxygen atoms in total. The van der Waals surface area contributed by atoms with Crippen molar-refractivity contribution in [3.8, 4) is 0 Å². The Morgan fingerprint density at radius 1 is 0.871 bits per heavy atom. The zero-order valence-electron chi connectivity index (χ0n) is 17.1. The van der Waals surface area contributed by atoms with Crippen LogP contribution in [-0.2, 0) is 4.79 Å². The van der Waals surface area contributed by atoms with Crippen molar-refractivity contribution in [2.75, 3.05) is 17.2 Å². The Morgan fingerprint density at radius 2 is 1.52 bits per heavy atom. The fourth-order valence-corrected chi connectivity index (χ4v) is 3.03. The van der Waals surface area contributed by atoms with E-state index in [1.165, 1.54) is 0 Å². The van der Waals surface area contributed by atoms with E-state index in [4.69, 9.17) is 5.73 Å². The Kier molecular flexibility index (Phi) is 7.01. The third-order valence-corrected chi connectivity index (χ3v) is 4.71. The van der Waals surface area contributed by atoms with Crippen molar-refractivity contribution in [3.05, 3.63) is 95.6 Å². The highest BCUT2D eigenvalue weighted by molar-refractivity contribution is 6.03. The highest BCUT2D eigenvalue weighted by atomic mass is 16.2. The van der Waals surface area contributed by atoms with Crippen molar-refractivity contribution < 1.29 is 14.4 Å². The van der Waals surface area contributed by atoms with E-state index in [1.54, 1.807) is 48.5 Å². The minimum absolute atomic E-state index is 0.0102. The number of carbonyl (C=O) groups excluding carboxylic acids is 3. The molecule has 3 amide bonds. The second-order valence-corrected chi connectivity index (χ2v) is 6.99. The molecular formula is C24H24N4O3. The number of benzene rings is 3. The molecule has 1 atom stereocenters. The third-order valence-electron chi connectivity index (χ3n) is 4.71. The topological polar surface area (TPSA) is 113 Å². The van der Waals surface area contributed by atoms with Crippen molar-refractivity contribution >= 4 is 29.1 Å². The molecule has 7 heteroatoms. The number of hydrogen-bond acceptors (Lipinski definition) is 4. The normalized spacial score (nSPS) is 11.3. The molecule has 0 aromatic heterocycles. The predicted octanol–water partition coefficient (Wildman–Crippen LogP) is 3.33. The molecule has 158 valence electrons. The second kappa shape index (κ2) is 10.1. The van der Waals surface area contributed by atoms with E-state index < -0.39 is 5.91 Å². The molecule has 0 radical (unpaired) electrons. The summed E-state index contributed by atoms with van der Waals surface area (Å²) in [6, 6.07) is 23.0. The summed E-state index contributed by atoms with van der Waals surface area (Å²) >= 11 is 0. The monoisotopic (exact) mass is 416 g/mol. The minimum Gasteiger partial charge on any atom is -0.376 e. The molecule has 0 saturated carbocycles. The van der Waals surface area contributed by atoms with Gasteiger partial charge in [0, 0.05) is 11.3 Å². The summed E-state index contributed by atoms with van der Waals surface area (Å²) in [5.74, 6) is -1.12. The number of hydrogen-bond donors (Lipinski definition) is 4. The van der Waals surface area contributed by atoms with Crippen LogP contribution in [0.3, 0.4) is 0 Å². The van der Waals surface area contributed by atoms with Crippen LogP contribution in [0.2, 0.25) is 0 Å². The lowest BCUT2D eigenvalue weighted by atomic mass is 10.1. The highest BCUT2D eigenvalue weighted by Gasteiger charge is 2.12. The maximum absolute atomic E-state index is 12.5. The van der Waals surface area contributed by atoms with Gasteiger partial charge in [-0.3, -0.25) is 14.4 Å². The molecular weight excluding hydrogens is 392 g/mol. The first-order chi connectivity index (χ1) is 14.9. The first-order valence-electron chi connectivity index (χ1n) is 9.82. The molecule has 0 heterocycles. The molecule has 0 saturated heterocycles. The van der Waals surface area contributed by atoms with E-state index in [0.29, 0.717) is 16.9 Å². The van der Waals surface area contributed by atoms with Crippen LogP contribution in [0.15, 0.2) is 78.9 Å².